The van der Waals surface area contributed by atoms with Crippen LogP contribution in [0.1, 0.15) is 40.0 Å². The molecule has 0 radical (unpaired) electrons. The summed E-state index contributed by atoms with van der Waals surface area (Å²) >= 11 is 0. The van der Waals surface area contributed by atoms with Crippen LogP contribution in [0.4, 0.5) is 9.18 Å². The third kappa shape index (κ3) is 4.16. The number of amides is 1. The van der Waals surface area contributed by atoms with Crippen molar-refractivity contribution in [2.45, 2.75) is 45.6 Å². The average molecular weight is 295 g/mol. The van der Waals surface area contributed by atoms with E-state index in [1.54, 1.807) is 11.0 Å². The number of allylic oxidation sites excluding steroid dienone is 4. The van der Waals surface area contributed by atoms with Crippen molar-refractivity contribution in [3.63, 3.8) is 0 Å². The van der Waals surface area contributed by atoms with Crippen molar-refractivity contribution in [3.8, 4) is 0 Å². The van der Waals surface area contributed by atoms with E-state index in [9.17, 15) is 14.0 Å². The van der Waals surface area contributed by atoms with Crippen LogP contribution in [-0.2, 0) is 9.53 Å². The van der Waals surface area contributed by atoms with Crippen molar-refractivity contribution in [2.75, 3.05) is 13.1 Å². The number of ketones is 1. The lowest BCUT2D eigenvalue weighted by atomic mass is 9.84. The molecule has 1 fully saturated rings. The number of hydrogen-bond donors (Lipinski definition) is 0. The molecule has 0 aromatic carbocycles. The van der Waals surface area contributed by atoms with Crippen LogP contribution >= 0.6 is 0 Å². The number of Topliss-reactive ketones (excluding diaryl/α,β-unsaturated/α-hetero) is 1. The molecule has 5 heteroatoms. The van der Waals surface area contributed by atoms with Crippen LogP contribution in [0.3, 0.4) is 0 Å². The van der Waals surface area contributed by atoms with E-state index in [4.69, 9.17) is 4.74 Å². The first-order valence-corrected chi connectivity index (χ1v) is 7.33. The molecule has 0 spiro atoms. The molecule has 116 valence electrons. The van der Waals surface area contributed by atoms with Gasteiger partial charge in [0.1, 0.15) is 5.60 Å². The van der Waals surface area contributed by atoms with E-state index in [2.05, 4.69) is 0 Å². The molecule has 0 unspecified atom stereocenters. The molecule has 0 atom stereocenters. The molecule has 2 rings (SSSR count). The molecule has 0 N–H and O–H groups in total. The maximum atomic E-state index is 13.0. The normalized spacial score (nSPS) is 21.0. The zero-order valence-corrected chi connectivity index (χ0v) is 12.8. The number of hydrogen-bond acceptors (Lipinski definition) is 3. The smallest absolute Gasteiger partial charge is 0.410 e. The van der Waals surface area contributed by atoms with E-state index < -0.39 is 17.2 Å². The second-order valence-corrected chi connectivity index (χ2v) is 6.60. The average Bonchev–Trinajstić information content (AvgIpc) is 2.40. The van der Waals surface area contributed by atoms with Gasteiger partial charge in [-0.3, -0.25) is 4.79 Å². The highest BCUT2D eigenvalue weighted by Gasteiger charge is 2.29. The van der Waals surface area contributed by atoms with Gasteiger partial charge < -0.3 is 9.64 Å². The van der Waals surface area contributed by atoms with Gasteiger partial charge in [-0.2, -0.15) is 0 Å². The molecule has 1 aliphatic heterocycles. The summed E-state index contributed by atoms with van der Waals surface area (Å²) in [6.45, 7) is 6.75. The monoisotopic (exact) mass is 295 g/mol. The number of ether oxygens (including phenoxy) is 1. The Balaban J connectivity index is 1.89. The number of piperidine rings is 1. The summed E-state index contributed by atoms with van der Waals surface area (Å²) in [5, 5.41) is 0. The topological polar surface area (TPSA) is 46.6 Å². The minimum Gasteiger partial charge on any atom is -0.444 e. The molecule has 0 bridgehead atoms. The summed E-state index contributed by atoms with van der Waals surface area (Å²) in [4.78, 5) is 25.1. The quantitative estimate of drug-likeness (QED) is 0.745. The zero-order chi connectivity index (χ0) is 15.6. The Bertz CT molecular complexity index is 494. The van der Waals surface area contributed by atoms with Crippen LogP contribution in [0, 0.1) is 5.92 Å². The van der Waals surface area contributed by atoms with Crippen molar-refractivity contribution in [2.24, 2.45) is 5.92 Å². The Hall–Kier alpha value is -1.65. The Morgan fingerprint density at radius 2 is 1.90 bits per heavy atom. The number of likely N-dealkylation sites (tertiary alicyclic amines) is 1. The molecule has 1 amide bonds. The first-order valence-electron chi connectivity index (χ1n) is 7.33. The van der Waals surface area contributed by atoms with Crippen molar-refractivity contribution >= 4 is 11.9 Å². The van der Waals surface area contributed by atoms with Gasteiger partial charge in [0.05, 0.1) is 0 Å². The number of carbonyl (C=O) groups is 2. The molecule has 1 saturated heterocycles. The lowest BCUT2D eigenvalue weighted by Crippen LogP contribution is -2.42. The van der Waals surface area contributed by atoms with Crippen LogP contribution in [0.15, 0.2) is 23.6 Å². The van der Waals surface area contributed by atoms with E-state index in [0.29, 0.717) is 13.1 Å². The maximum absolute atomic E-state index is 13.0. The second kappa shape index (κ2) is 6.00. The van der Waals surface area contributed by atoms with Crippen LogP contribution in [0.5, 0.6) is 0 Å². The van der Waals surface area contributed by atoms with E-state index in [1.165, 1.54) is 6.08 Å². The number of carbonyl (C=O) groups excluding carboxylic acids is 2. The Labute approximate surface area is 124 Å². The molecule has 1 aliphatic carbocycles. The first kappa shape index (κ1) is 15.7. The minimum absolute atomic E-state index is 0.166. The zero-order valence-electron chi connectivity index (χ0n) is 12.8. The fourth-order valence-electron chi connectivity index (χ4n) is 2.64. The van der Waals surface area contributed by atoms with E-state index in [0.717, 1.165) is 18.4 Å². The summed E-state index contributed by atoms with van der Waals surface area (Å²) in [7, 11) is 0. The summed E-state index contributed by atoms with van der Waals surface area (Å²) in [5.74, 6) is -0.857. The highest BCUT2D eigenvalue weighted by atomic mass is 19.1. The highest BCUT2D eigenvalue weighted by molar-refractivity contribution is 5.96. The van der Waals surface area contributed by atoms with Gasteiger partial charge in [-0.25, -0.2) is 9.18 Å². The number of nitrogens with zero attached hydrogens (tertiary/aromatic N) is 1. The molecular formula is C16H22FNO3. The Morgan fingerprint density at radius 3 is 2.43 bits per heavy atom. The van der Waals surface area contributed by atoms with Crippen molar-refractivity contribution in [1.29, 1.82) is 0 Å². The third-order valence-electron chi connectivity index (χ3n) is 3.75. The van der Waals surface area contributed by atoms with Crippen molar-refractivity contribution in [1.82, 2.24) is 4.90 Å². The lowest BCUT2D eigenvalue weighted by molar-refractivity contribution is -0.116. The maximum Gasteiger partial charge on any atom is 0.410 e. The minimum atomic E-state index is -0.662. The molecule has 4 nitrogen and oxygen atoms in total. The molecule has 21 heavy (non-hydrogen) atoms. The van der Waals surface area contributed by atoms with Gasteiger partial charge in [0.15, 0.2) is 11.6 Å². The molecular weight excluding hydrogens is 273 g/mol. The van der Waals surface area contributed by atoms with Crippen molar-refractivity contribution in [3.05, 3.63) is 23.6 Å². The van der Waals surface area contributed by atoms with Crippen LogP contribution < -0.4 is 0 Å². The number of halogens is 1. The van der Waals surface area contributed by atoms with Gasteiger partial charge in [-0.1, -0.05) is 11.6 Å². The van der Waals surface area contributed by atoms with Crippen LogP contribution in [-0.4, -0.2) is 35.5 Å². The van der Waals surface area contributed by atoms with Crippen LogP contribution in [0.2, 0.25) is 0 Å². The fraction of sp³-hybridized carbons (Fsp3) is 0.625. The van der Waals surface area contributed by atoms with E-state index >= 15 is 0 Å². The molecule has 1 heterocycles. The van der Waals surface area contributed by atoms with Crippen molar-refractivity contribution < 1.29 is 18.7 Å². The predicted octanol–water partition coefficient (Wildman–Crippen LogP) is 3.39. The predicted molar refractivity (Wildman–Crippen MR) is 77.4 cm³/mol. The summed E-state index contributed by atoms with van der Waals surface area (Å²) in [5.41, 5.74) is 0.486. The molecule has 0 aromatic rings. The van der Waals surface area contributed by atoms with Gasteiger partial charge in [0.2, 0.25) is 0 Å². The number of rotatable bonds is 1. The SMILES string of the molecule is CC(C)(C)OC(=O)N1CCC(C2=CC=C(F)C(=O)C2)CC1. The van der Waals surface area contributed by atoms with E-state index in [-0.39, 0.29) is 18.4 Å². The van der Waals surface area contributed by atoms with Gasteiger partial charge in [0.25, 0.3) is 0 Å². The van der Waals surface area contributed by atoms with Gasteiger partial charge in [-0.15, -0.1) is 0 Å². The molecule has 0 saturated carbocycles. The fourth-order valence-corrected chi connectivity index (χ4v) is 2.64. The van der Waals surface area contributed by atoms with Gasteiger partial charge >= 0.3 is 6.09 Å². The van der Waals surface area contributed by atoms with Crippen LogP contribution in [0.25, 0.3) is 0 Å². The molecule has 0 aromatic heterocycles. The largest absolute Gasteiger partial charge is 0.444 e. The Kier molecular flexibility index (Phi) is 4.49. The first-order chi connectivity index (χ1) is 9.76. The van der Waals surface area contributed by atoms with Gasteiger partial charge in [-0.05, 0) is 45.6 Å². The standard InChI is InChI=1S/C16H22FNO3/c1-16(2,3)21-15(20)18-8-6-11(7-9-18)12-4-5-13(17)14(19)10-12/h4-5,11H,6-10H2,1-3H3. The highest BCUT2D eigenvalue weighted by Crippen LogP contribution is 2.30. The third-order valence-corrected chi connectivity index (χ3v) is 3.75. The molecule has 2 aliphatic rings. The summed E-state index contributed by atoms with van der Waals surface area (Å²) in [6, 6.07) is 0. The lowest BCUT2D eigenvalue weighted by Gasteiger charge is -2.34. The Morgan fingerprint density at radius 1 is 1.29 bits per heavy atom. The summed E-state index contributed by atoms with van der Waals surface area (Å²) in [6.07, 6.45) is 4.41. The van der Waals surface area contributed by atoms with E-state index in [1.807, 2.05) is 20.8 Å². The summed E-state index contributed by atoms with van der Waals surface area (Å²) < 4.78 is 18.4. The van der Waals surface area contributed by atoms with Gasteiger partial charge in [0, 0.05) is 19.5 Å². The second-order valence-electron chi connectivity index (χ2n) is 6.60.